The maximum absolute atomic E-state index is 4.35. The summed E-state index contributed by atoms with van der Waals surface area (Å²) in [6.07, 6.45) is 9.01. The third-order valence-electron chi connectivity index (χ3n) is 2.88. The van der Waals surface area contributed by atoms with E-state index in [1.807, 2.05) is 6.20 Å². The average molecular weight is 222 g/mol. The van der Waals surface area contributed by atoms with E-state index in [0.717, 1.165) is 12.5 Å². The Bertz CT molecular complexity index is 315. The van der Waals surface area contributed by atoms with Gasteiger partial charge in [-0.15, -0.1) is 0 Å². The van der Waals surface area contributed by atoms with Crippen LogP contribution in [0.3, 0.4) is 0 Å². The van der Waals surface area contributed by atoms with Crippen LogP contribution >= 0.6 is 0 Å². The molecule has 0 atom stereocenters. The van der Waals surface area contributed by atoms with Gasteiger partial charge in [0.2, 0.25) is 5.95 Å². The number of unbranched alkanes of at least 4 members (excludes halogenated alkanes) is 1. The van der Waals surface area contributed by atoms with Crippen LogP contribution in [-0.2, 0) is 6.54 Å². The van der Waals surface area contributed by atoms with Crippen LogP contribution in [0.15, 0.2) is 12.4 Å². The zero-order chi connectivity index (χ0) is 11.4. The Morgan fingerprint density at radius 3 is 2.94 bits per heavy atom. The van der Waals surface area contributed by atoms with Crippen LogP contribution in [0.5, 0.6) is 0 Å². The molecule has 0 amide bonds. The van der Waals surface area contributed by atoms with Crippen molar-refractivity contribution in [2.75, 3.05) is 26.0 Å². The molecule has 4 nitrogen and oxygen atoms in total. The second-order valence-electron chi connectivity index (χ2n) is 4.87. The first-order chi connectivity index (χ1) is 7.75. The highest BCUT2D eigenvalue weighted by Crippen LogP contribution is 2.23. The summed E-state index contributed by atoms with van der Waals surface area (Å²) in [7, 11) is 4.24. The number of aromatic nitrogens is 2. The van der Waals surface area contributed by atoms with Crippen LogP contribution in [0, 0.1) is 0 Å². The third kappa shape index (κ3) is 3.52. The Hall–Kier alpha value is -1.03. The molecule has 0 saturated heterocycles. The molecule has 0 bridgehead atoms. The lowest BCUT2D eigenvalue weighted by Gasteiger charge is -2.11. The molecule has 1 aliphatic rings. The minimum Gasteiger partial charge on any atom is -0.353 e. The summed E-state index contributed by atoms with van der Waals surface area (Å²) in [6, 6.07) is 0.683. The van der Waals surface area contributed by atoms with Crippen molar-refractivity contribution in [3.8, 4) is 0 Å². The van der Waals surface area contributed by atoms with Gasteiger partial charge in [0.1, 0.15) is 0 Å². The normalized spacial score (nSPS) is 15.7. The van der Waals surface area contributed by atoms with Crippen LogP contribution < -0.4 is 5.32 Å². The van der Waals surface area contributed by atoms with E-state index in [4.69, 9.17) is 0 Å². The molecule has 0 spiro atoms. The zero-order valence-corrected chi connectivity index (χ0v) is 10.3. The van der Waals surface area contributed by atoms with Crippen molar-refractivity contribution in [3.63, 3.8) is 0 Å². The van der Waals surface area contributed by atoms with E-state index in [0.29, 0.717) is 6.04 Å². The summed E-state index contributed by atoms with van der Waals surface area (Å²) in [6.45, 7) is 2.24. The first-order valence-electron chi connectivity index (χ1n) is 6.18. The van der Waals surface area contributed by atoms with Crippen molar-refractivity contribution in [1.82, 2.24) is 14.5 Å². The molecule has 1 fully saturated rings. The lowest BCUT2D eigenvalue weighted by atomic mass is 10.3. The number of rotatable bonds is 7. The van der Waals surface area contributed by atoms with Crippen LogP contribution in [0.25, 0.3) is 0 Å². The first kappa shape index (κ1) is 11.5. The first-order valence-corrected chi connectivity index (χ1v) is 6.18. The van der Waals surface area contributed by atoms with Crippen LogP contribution in [0.4, 0.5) is 5.95 Å². The molecule has 1 saturated carbocycles. The fourth-order valence-corrected chi connectivity index (χ4v) is 1.75. The van der Waals surface area contributed by atoms with Crippen LogP contribution in [0.1, 0.15) is 25.7 Å². The monoisotopic (exact) mass is 222 g/mol. The van der Waals surface area contributed by atoms with E-state index in [1.54, 1.807) is 0 Å². The van der Waals surface area contributed by atoms with E-state index in [1.165, 1.54) is 32.2 Å². The molecule has 2 rings (SSSR count). The van der Waals surface area contributed by atoms with Crippen molar-refractivity contribution >= 4 is 5.95 Å². The summed E-state index contributed by atoms with van der Waals surface area (Å²) in [5, 5.41) is 3.46. The highest BCUT2D eigenvalue weighted by Gasteiger charge is 2.22. The lowest BCUT2D eigenvalue weighted by molar-refractivity contribution is 0.388. The minimum absolute atomic E-state index is 0.683. The minimum atomic E-state index is 0.683. The van der Waals surface area contributed by atoms with Gasteiger partial charge in [0.25, 0.3) is 0 Å². The van der Waals surface area contributed by atoms with Crippen LogP contribution in [-0.4, -0.2) is 41.1 Å². The summed E-state index contributed by atoms with van der Waals surface area (Å²) in [5.41, 5.74) is 0. The molecule has 0 aliphatic heterocycles. The Morgan fingerprint density at radius 1 is 1.44 bits per heavy atom. The summed E-state index contributed by atoms with van der Waals surface area (Å²) >= 11 is 0. The molecule has 16 heavy (non-hydrogen) atoms. The summed E-state index contributed by atoms with van der Waals surface area (Å²) in [5.74, 6) is 1.05. The van der Waals surface area contributed by atoms with Crippen molar-refractivity contribution in [2.24, 2.45) is 0 Å². The van der Waals surface area contributed by atoms with Gasteiger partial charge in [-0.25, -0.2) is 4.98 Å². The van der Waals surface area contributed by atoms with Gasteiger partial charge in [0.15, 0.2) is 0 Å². The van der Waals surface area contributed by atoms with E-state index < -0.39 is 0 Å². The van der Waals surface area contributed by atoms with Crippen LogP contribution in [0.2, 0.25) is 0 Å². The molecule has 90 valence electrons. The van der Waals surface area contributed by atoms with E-state index in [9.17, 15) is 0 Å². The van der Waals surface area contributed by atoms with Gasteiger partial charge in [-0.2, -0.15) is 0 Å². The SMILES string of the molecule is CN(C)CCCCn1ccnc1NC1CC1. The van der Waals surface area contributed by atoms with Gasteiger partial charge in [0, 0.05) is 25.0 Å². The molecule has 1 heterocycles. The number of anilines is 1. The molecule has 0 aromatic carbocycles. The number of imidazole rings is 1. The van der Waals surface area contributed by atoms with E-state index in [2.05, 4.69) is 40.1 Å². The van der Waals surface area contributed by atoms with Gasteiger partial charge in [-0.1, -0.05) is 0 Å². The highest BCUT2D eigenvalue weighted by molar-refractivity contribution is 5.29. The van der Waals surface area contributed by atoms with Crippen molar-refractivity contribution in [3.05, 3.63) is 12.4 Å². The summed E-state index contributed by atoms with van der Waals surface area (Å²) in [4.78, 5) is 6.59. The van der Waals surface area contributed by atoms with Crippen molar-refractivity contribution < 1.29 is 0 Å². The number of aryl methyl sites for hydroxylation is 1. The van der Waals surface area contributed by atoms with Gasteiger partial charge in [-0.3, -0.25) is 0 Å². The molecule has 1 N–H and O–H groups in total. The molecular formula is C12H22N4. The molecule has 1 aromatic heterocycles. The lowest BCUT2D eigenvalue weighted by Crippen LogP contribution is -2.14. The number of nitrogens with one attached hydrogen (secondary N) is 1. The van der Waals surface area contributed by atoms with E-state index in [-0.39, 0.29) is 0 Å². The predicted molar refractivity (Wildman–Crippen MR) is 66.7 cm³/mol. The van der Waals surface area contributed by atoms with Crippen molar-refractivity contribution in [1.29, 1.82) is 0 Å². The smallest absolute Gasteiger partial charge is 0.202 e. The molecule has 1 aromatic rings. The van der Waals surface area contributed by atoms with Gasteiger partial charge in [0.05, 0.1) is 0 Å². The average Bonchev–Trinajstić information content (AvgIpc) is 2.93. The molecule has 0 unspecified atom stereocenters. The largest absolute Gasteiger partial charge is 0.353 e. The maximum atomic E-state index is 4.35. The fourth-order valence-electron chi connectivity index (χ4n) is 1.75. The fraction of sp³-hybridized carbons (Fsp3) is 0.750. The topological polar surface area (TPSA) is 33.1 Å². The Morgan fingerprint density at radius 2 is 2.25 bits per heavy atom. The Balaban J connectivity index is 1.72. The number of nitrogens with zero attached hydrogens (tertiary/aromatic N) is 3. The Kier molecular flexibility index (Phi) is 3.83. The third-order valence-corrected chi connectivity index (χ3v) is 2.88. The van der Waals surface area contributed by atoms with Crippen molar-refractivity contribution in [2.45, 2.75) is 38.3 Å². The van der Waals surface area contributed by atoms with Gasteiger partial charge >= 0.3 is 0 Å². The quantitative estimate of drug-likeness (QED) is 0.714. The molecule has 1 aliphatic carbocycles. The molecular weight excluding hydrogens is 200 g/mol. The maximum Gasteiger partial charge on any atom is 0.202 e. The summed E-state index contributed by atoms with van der Waals surface area (Å²) < 4.78 is 2.23. The highest BCUT2D eigenvalue weighted by atomic mass is 15.2. The predicted octanol–water partition coefficient (Wildman–Crippen LogP) is 1.80. The second kappa shape index (κ2) is 5.34. The molecule has 0 radical (unpaired) electrons. The zero-order valence-electron chi connectivity index (χ0n) is 10.3. The standard InChI is InChI=1S/C12H22N4/c1-15(2)8-3-4-9-16-10-7-13-12(16)14-11-5-6-11/h7,10-11H,3-6,8-9H2,1-2H3,(H,13,14). The van der Waals surface area contributed by atoms with E-state index >= 15 is 0 Å². The number of hydrogen-bond donors (Lipinski definition) is 1. The molecule has 4 heteroatoms. The second-order valence-corrected chi connectivity index (χ2v) is 4.87. The number of hydrogen-bond acceptors (Lipinski definition) is 3. The van der Waals surface area contributed by atoms with Gasteiger partial charge in [-0.05, 0) is 46.3 Å². The Labute approximate surface area is 97.7 Å². The van der Waals surface area contributed by atoms with Gasteiger partial charge < -0.3 is 14.8 Å².